The number of nitro groups is 1. The second-order valence-corrected chi connectivity index (χ2v) is 3.21. The third-order valence-electron chi connectivity index (χ3n) is 2.45. The van der Waals surface area contributed by atoms with Crippen molar-refractivity contribution in [1.29, 1.82) is 5.26 Å². The molecule has 14 heavy (non-hydrogen) atoms. The Bertz CT molecular complexity index is 444. The van der Waals surface area contributed by atoms with Crippen molar-refractivity contribution < 1.29 is 4.92 Å². The van der Waals surface area contributed by atoms with Crippen molar-refractivity contribution in [3.8, 4) is 6.07 Å². The van der Waals surface area contributed by atoms with E-state index in [-0.39, 0.29) is 11.3 Å². The Morgan fingerprint density at radius 1 is 1.36 bits per heavy atom. The number of benzene rings is 1. The van der Waals surface area contributed by atoms with Gasteiger partial charge in [0.1, 0.15) is 11.6 Å². The topological polar surface area (TPSA) is 66.9 Å². The Morgan fingerprint density at radius 2 is 1.93 bits per heavy atom. The Kier molecular flexibility index (Phi) is 2.52. The van der Waals surface area contributed by atoms with E-state index in [4.69, 9.17) is 5.26 Å². The summed E-state index contributed by atoms with van der Waals surface area (Å²) in [5.74, 6) is 0. The molecule has 0 aliphatic carbocycles. The zero-order valence-corrected chi connectivity index (χ0v) is 8.29. The van der Waals surface area contributed by atoms with E-state index in [0.717, 1.165) is 11.1 Å². The number of hydrogen-bond acceptors (Lipinski definition) is 3. The lowest BCUT2D eigenvalue weighted by Crippen LogP contribution is -1.98. The molecule has 0 fully saturated rings. The Hall–Kier alpha value is -1.89. The van der Waals surface area contributed by atoms with Gasteiger partial charge >= 0.3 is 0 Å². The maximum absolute atomic E-state index is 10.7. The zero-order valence-electron chi connectivity index (χ0n) is 8.29. The van der Waals surface area contributed by atoms with Gasteiger partial charge in [-0.15, -0.1) is 0 Å². The van der Waals surface area contributed by atoms with Crippen LogP contribution in [0.15, 0.2) is 6.07 Å². The number of rotatable bonds is 1. The molecule has 0 unspecified atom stereocenters. The fourth-order valence-electron chi connectivity index (χ4n) is 1.35. The molecule has 0 bridgehead atoms. The van der Waals surface area contributed by atoms with Gasteiger partial charge in [0.2, 0.25) is 0 Å². The number of nitrogens with zero attached hydrogens (tertiary/aromatic N) is 2. The van der Waals surface area contributed by atoms with Crippen molar-refractivity contribution in [3.63, 3.8) is 0 Å². The lowest BCUT2D eigenvalue weighted by molar-refractivity contribution is -0.385. The molecule has 0 amide bonds. The average molecular weight is 190 g/mol. The third-order valence-corrected chi connectivity index (χ3v) is 2.45. The van der Waals surface area contributed by atoms with Crippen LogP contribution >= 0.6 is 0 Å². The standard InChI is InChI=1S/C10H10N2O2/c1-6-4-10(12(13)14)9(5-11)8(3)7(6)2/h4H,1-3H3. The van der Waals surface area contributed by atoms with Crippen LogP contribution in [0.2, 0.25) is 0 Å². The fourth-order valence-corrected chi connectivity index (χ4v) is 1.35. The summed E-state index contributed by atoms with van der Waals surface area (Å²) in [5, 5.41) is 19.5. The summed E-state index contributed by atoms with van der Waals surface area (Å²) in [6, 6.07) is 3.32. The van der Waals surface area contributed by atoms with E-state index in [0.29, 0.717) is 5.56 Å². The highest BCUT2D eigenvalue weighted by Crippen LogP contribution is 2.26. The van der Waals surface area contributed by atoms with E-state index >= 15 is 0 Å². The van der Waals surface area contributed by atoms with Crippen molar-refractivity contribution in [1.82, 2.24) is 0 Å². The fraction of sp³-hybridized carbons (Fsp3) is 0.300. The number of nitriles is 1. The number of nitro benzene ring substituents is 1. The molecule has 0 atom stereocenters. The Morgan fingerprint density at radius 3 is 2.36 bits per heavy atom. The Balaban J connectivity index is 3.62. The van der Waals surface area contributed by atoms with Gasteiger partial charge < -0.3 is 0 Å². The first kappa shape index (κ1) is 10.2. The van der Waals surface area contributed by atoms with Gasteiger partial charge in [0.25, 0.3) is 5.69 Å². The molecular formula is C10H10N2O2. The predicted octanol–water partition coefficient (Wildman–Crippen LogP) is 2.39. The lowest BCUT2D eigenvalue weighted by Gasteiger charge is -2.06. The van der Waals surface area contributed by atoms with Crippen LogP contribution in [-0.4, -0.2) is 4.92 Å². The highest BCUT2D eigenvalue weighted by molar-refractivity contribution is 5.58. The minimum Gasteiger partial charge on any atom is -0.258 e. The van der Waals surface area contributed by atoms with Crippen LogP contribution < -0.4 is 0 Å². The van der Waals surface area contributed by atoms with Crippen LogP contribution in [0, 0.1) is 42.2 Å². The molecule has 0 saturated heterocycles. The molecule has 0 N–H and O–H groups in total. The minimum atomic E-state index is -0.516. The number of hydrogen-bond donors (Lipinski definition) is 0. The van der Waals surface area contributed by atoms with Gasteiger partial charge in [0.15, 0.2) is 0 Å². The Labute approximate surface area is 81.9 Å². The van der Waals surface area contributed by atoms with E-state index in [1.165, 1.54) is 6.07 Å². The molecule has 1 aromatic carbocycles. The molecule has 0 aliphatic rings. The van der Waals surface area contributed by atoms with Crippen molar-refractivity contribution in [3.05, 3.63) is 38.4 Å². The predicted molar refractivity (Wildman–Crippen MR) is 52.0 cm³/mol. The molecule has 0 heterocycles. The largest absolute Gasteiger partial charge is 0.287 e. The zero-order chi connectivity index (χ0) is 10.9. The normalized spacial score (nSPS) is 9.57. The van der Waals surface area contributed by atoms with Crippen molar-refractivity contribution >= 4 is 5.69 Å². The van der Waals surface area contributed by atoms with Crippen LogP contribution in [-0.2, 0) is 0 Å². The summed E-state index contributed by atoms with van der Waals surface area (Å²) in [6.07, 6.45) is 0. The van der Waals surface area contributed by atoms with Gasteiger partial charge in [-0.1, -0.05) is 0 Å². The van der Waals surface area contributed by atoms with Crippen LogP contribution in [0.1, 0.15) is 22.3 Å². The van der Waals surface area contributed by atoms with Crippen LogP contribution in [0.25, 0.3) is 0 Å². The average Bonchev–Trinajstić information content (AvgIpc) is 2.13. The summed E-state index contributed by atoms with van der Waals surface area (Å²) >= 11 is 0. The van der Waals surface area contributed by atoms with E-state index in [1.54, 1.807) is 13.8 Å². The van der Waals surface area contributed by atoms with E-state index in [1.807, 2.05) is 13.0 Å². The molecule has 0 spiro atoms. The summed E-state index contributed by atoms with van der Waals surface area (Å²) < 4.78 is 0. The summed E-state index contributed by atoms with van der Waals surface area (Å²) in [7, 11) is 0. The second-order valence-electron chi connectivity index (χ2n) is 3.21. The molecule has 1 aromatic rings. The molecule has 0 radical (unpaired) electrons. The molecule has 0 aromatic heterocycles. The van der Waals surface area contributed by atoms with Gasteiger partial charge in [-0.25, -0.2) is 0 Å². The van der Waals surface area contributed by atoms with Crippen LogP contribution in [0.4, 0.5) is 5.69 Å². The summed E-state index contributed by atoms with van der Waals surface area (Å²) in [5.41, 5.74) is 2.53. The highest BCUT2D eigenvalue weighted by Gasteiger charge is 2.18. The van der Waals surface area contributed by atoms with Crippen molar-refractivity contribution in [2.45, 2.75) is 20.8 Å². The smallest absolute Gasteiger partial charge is 0.258 e. The van der Waals surface area contributed by atoms with Crippen molar-refractivity contribution in [2.75, 3.05) is 0 Å². The third kappa shape index (κ3) is 1.44. The van der Waals surface area contributed by atoms with Crippen molar-refractivity contribution in [2.24, 2.45) is 0 Å². The van der Waals surface area contributed by atoms with Crippen LogP contribution in [0.3, 0.4) is 0 Å². The van der Waals surface area contributed by atoms with Gasteiger partial charge in [-0.3, -0.25) is 10.1 Å². The molecule has 1 rings (SSSR count). The first-order valence-corrected chi connectivity index (χ1v) is 4.14. The molecular weight excluding hydrogens is 180 g/mol. The number of aryl methyl sites for hydroxylation is 1. The second kappa shape index (κ2) is 3.46. The first-order chi connectivity index (χ1) is 6.49. The van der Waals surface area contributed by atoms with Gasteiger partial charge in [-0.2, -0.15) is 5.26 Å². The monoisotopic (exact) mass is 190 g/mol. The first-order valence-electron chi connectivity index (χ1n) is 4.14. The molecule has 0 aliphatic heterocycles. The molecule has 4 nitrogen and oxygen atoms in total. The van der Waals surface area contributed by atoms with Gasteiger partial charge in [0, 0.05) is 6.07 Å². The molecule has 72 valence electrons. The van der Waals surface area contributed by atoms with Gasteiger partial charge in [0.05, 0.1) is 4.92 Å². The summed E-state index contributed by atoms with van der Waals surface area (Å²) in [4.78, 5) is 10.1. The minimum absolute atomic E-state index is 0.104. The molecule has 4 heteroatoms. The van der Waals surface area contributed by atoms with Crippen LogP contribution in [0.5, 0.6) is 0 Å². The van der Waals surface area contributed by atoms with Gasteiger partial charge in [-0.05, 0) is 37.5 Å². The molecule has 0 saturated carbocycles. The SMILES string of the molecule is Cc1cc([N+](=O)[O-])c(C#N)c(C)c1C. The lowest BCUT2D eigenvalue weighted by atomic mass is 9.98. The maximum Gasteiger partial charge on any atom is 0.287 e. The van der Waals surface area contributed by atoms with E-state index < -0.39 is 4.92 Å². The van der Waals surface area contributed by atoms with E-state index in [2.05, 4.69) is 0 Å². The quantitative estimate of drug-likeness (QED) is 0.504. The maximum atomic E-state index is 10.7. The highest BCUT2D eigenvalue weighted by atomic mass is 16.6. The summed E-state index contributed by atoms with van der Waals surface area (Å²) in [6.45, 7) is 5.39. The van der Waals surface area contributed by atoms with E-state index in [9.17, 15) is 10.1 Å².